The first kappa shape index (κ1) is 14.4. The molecule has 1 aromatic heterocycles. The van der Waals surface area contributed by atoms with Gasteiger partial charge in [-0.1, -0.05) is 5.16 Å². The summed E-state index contributed by atoms with van der Waals surface area (Å²) < 4.78 is 18.2. The second-order valence-corrected chi connectivity index (χ2v) is 6.30. The summed E-state index contributed by atoms with van der Waals surface area (Å²) in [7, 11) is 0. The van der Waals surface area contributed by atoms with Crippen molar-refractivity contribution in [3.8, 4) is 11.3 Å². The topological polar surface area (TPSA) is 58.4 Å². The standard InChI is InChI=1S/C17H18FN3O2/c18-13-3-1-12(2-4-13)16-9-14(20-23-16)17(22)19-15-10-21-7-5-11(15)6-8-21/h1-4,9,11,15H,5-8,10H2,(H,19,22). The zero-order valence-electron chi connectivity index (χ0n) is 12.7. The molecule has 1 N–H and O–H groups in total. The van der Waals surface area contributed by atoms with E-state index in [1.807, 2.05) is 0 Å². The molecule has 0 spiro atoms. The Morgan fingerprint density at radius 2 is 2.00 bits per heavy atom. The maximum atomic E-state index is 13.0. The van der Waals surface area contributed by atoms with Crippen LogP contribution in [-0.4, -0.2) is 41.6 Å². The fraction of sp³-hybridized carbons (Fsp3) is 0.412. The third kappa shape index (κ3) is 2.86. The summed E-state index contributed by atoms with van der Waals surface area (Å²) in [6.07, 6.45) is 2.29. The molecule has 0 saturated carbocycles. The lowest BCUT2D eigenvalue weighted by atomic mass is 9.84. The molecule has 3 fully saturated rings. The molecule has 4 heterocycles. The van der Waals surface area contributed by atoms with Crippen LogP contribution in [0, 0.1) is 11.7 Å². The first-order valence-electron chi connectivity index (χ1n) is 7.95. The number of aromatic nitrogens is 1. The van der Waals surface area contributed by atoms with E-state index in [4.69, 9.17) is 4.52 Å². The van der Waals surface area contributed by atoms with E-state index in [2.05, 4.69) is 15.4 Å². The minimum atomic E-state index is -0.311. The van der Waals surface area contributed by atoms with Gasteiger partial charge in [-0.05, 0) is 56.1 Å². The Balaban J connectivity index is 1.46. The quantitative estimate of drug-likeness (QED) is 0.944. The maximum Gasteiger partial charge on any atom is 0.273 e. The molecule has 120 valence electrons. The number of hydrogen-bond acceptors (Lipinski definition) is 4. The van der Waals surface area contributed by atoms with E-state index in [0.29, 0.717) is 17.2 Å². The molecular formula is C17H18FN3O2. The minimum Gasteiger partial charge on any atom is -0.355 e. The number of nitrogens with zero attached hydrogens (tertiary/aromatic N) is 2. The van der Waals surface area contributed by atoms with Crippen LogP contribution < -0.4 is 5.32 Å². The molecular weight excluding hydrogens is 297 g/mol. The van der Waals surface area contributed by atoms with Crippen molar-refractivity contribution < 1.29 is 13.7 Å². The van der Waals surface area contributed by atoms with E-state index in [1.165, 1.54) is 12.1 Å². The summed E-state index contributed by atoms with van der Waals surface area (Å²) in [5, 5.41) is 6.93. The van der Waals surface area contributed by atoms with Gasteiger partial charge in [0, 0.05) is 24.2 Å². The molecule has 2 aromatic rings. The highest BCUT2D eigenvalue weighted by Gasteiger charge is 2.35. The van der Waals surface area contributed by atoms with Crippen LogP contribution in [0.3, 0.4) is 0 Å². The highest BCUT2D eigenvalue weighted by atomic mass is 19.1. The summed E-state index contributed by atoms with van der Waals surface area (Å²) in [5.41, 5.74) is 0.960. The lowest BCUT2D eigenvalue weighted by Gasteiger charge is -2.44. The van der Waals surface area contributed by atoms with Crippen molar-refractivity contribution in [2.75, 3.05) is 19.6 Å². The number of fused-ring (bicyclic) bond motifs is 3. The number of rotatable bonds is 3. The molecule has 23 heavy (non-hydrogen) atoms. The van der Waals surface area contributed by atoms with Crippen molar-refractivity contribution in [1.29, 1.82) is 0 Å². The van der Waals surface area contributed by atoms with Crippen LogP contribution >= 0.6 is 0 Å². The van der Waals surface area contributed by atoms with Crippen LogP contribution in [0.25, 0.3) is 11.3 Å². The average molecular weight is 315 g/mol. The highest BCUT2D eigenvalue weighted by Crippen LogP contribution is 2.28. The second-order valence-electron chi connectivity index (χ2n) is 6.30. The summed E-state index contributed by atoms with van der Waals surface area (Å²) in [5.74, 6) is 0.505. The Labute approximate surface area is 133 Å². The Morgan fingerprint density at radius 3 is 2.65 bits per heavy atom. The van der Waals surface area contributed by atoms with Crippen molar-refractivity contribution in [2.24, 2.45) is 5.92 Å². The van der Waals surface area contributed by atoms with Crippen LogP contribution in [-0.2, 0) is 0 Å². The van der Waals surface area contributed by atoms with Gasteiger partial charge in [0.1, 0.15) is 5.82 Å². The molecule has 1 atom stereocenters. The Hall–Kier alpha value is -2.21. The van der Waals surface area contributed by atoms with Crippen molar-refractivity contribution in [3.63, 3.8) is 0 Å². The zero-order valence-corrected chi connectivity index (χ0v) is 12.7. The number of amides is 1. The number of piperidine rings is 3. The summed E-state index contributed by atoms with van der Waals surface area (Å²) in [6, 6.07) is 7.70. The molecule has 5 rings (SSSR count). The molecule has 0 radical (unpaired) electrons. The lowest BCUT2D eigenvalue weighted by molar-refractivity contribution is 0.0616. The summed E-state index contributed by atoms with van der Waals surface area (Å²) in [4.78, 5) is 14.8. The van der Waals surface area contributed by atoms with Gasteiger partial charge in [0.25, 0.3) is 5.91 Å². The van der Waals surface area contributed by atoms with Crippen molar-refractivity contribution in [2.45, 2.75) is 18.9 Å². The number of halogens is 1. The van der Waals surface area contributed by atoms with E-state index < -0.39 is 0 Å². The predicted octanol–water partition coefficient (Wildman–Crippen LogP) is 2.30. The maximum absolute atomic E-state index is 13.0. The van der Waals surface area contributed by atoms with Crippen LogP contribution in [0.4, 0.5) is 4.39 Å². The molecule has 3 aliphatic rings. The fourth-order valence-electron chi connectivity index (χ4n) is 3.50. The smallest absolute Gasteiger partial charge is 0.273 e. The van der Waals surface area contributed by atoms with E-state index in [9.17, 15) is 9.18 Å². The SMILES string of the molecule is O=C(NC1CN2CCC1CC2)c1cc(-c2ccc(F)cc2)on1. The van der Waals surface area contributed by atoms with Crippen molar-refractivity contribution >= 4 is 5.91 Å². The summed E-state index contributed by atoms with van der Waals surface area (Å²) >= 11 is 0. The van der Waals surface area contributed by atoms with E-state index in [-0.39, 0.29) is 23.5 Å². The van der Waals surface area contributed by atoms with Gasteiger partial charge in [-0.3, -0.25) is 4.79 Å². The van der Waals surface area contributed by atoms with Gasteiger partial charge in [0.05, 0.1) is 0 Å². The minimum absolute atomic E-state index is 0.191. The highest BCUT2D eigenvalue weighted by molar-refractivity contribution is 5.93. The lowest BCUT2D eigenvalue weighted by Crippen LogP contribution is -2.57. The van der Waals surface area contributed by atoms with Gasteiger partial charge in [-0.25, -0.2) is 4.39 Å². The number of carbonyl (C=O) groups is 1. The fourth-order valence-corrected chi connectivity index (χ4v) is 3.50. The van der Waals surface area contributed by atoms with E-state index >= 15 is 0 Å². The number of benzene rings is 1. The van der Waals surface area contributed by atoms with Gasteiger partial charge < -0.3 is 14.7 Å². The summed E-state index contributed by atoms with van der Waals surface area (Å²) in [6.45, 7) is 3.19. The molecule has 1 unspecified atom stereocenters. The molecule has 3 saturated heterocycles. The molecule has 3 aliphatic heterocycles. The van der Waals surface area contributed by atoms with Gasteiger partial charge in [0.15, 0.2) is 11.5 Å². The second kappa shape index (κ2) is 5.77. The Morgan fingerprint density at radius 1 is 1.26 bits per heavy atom. The van der Waals surface area contributed by atoms with E-state index in [1.54, 1.807) is 18.2 Å². The van der Waals surface area contributed by atoms with Crippen LogP contribution in [0.5, 0.6) is 0 Å². The largest absolute Gasteiger partial charge is 0.355 e. The Bertz CT molecular complexity index is 705. The van der Waals surface area contributed by atoms with Crippen LogP contribution in [0.1, 0.15) is 23.3 Å². The van der Waals surface area contributed by atoms with Crippen LogP contribution in [0.15, 0.2) is 34.9 Å². The molecule has 6 heteroatoms. The number of hydrogen-bond donors (Lipinski definition) is 1. The normalized spacial score (nSPS) is 26.2. The third-order valence-electron chi connectivity index (χ3n) is 4.84. The van der Waals surface area contributed by atoms with Crippen LogP contribution in [0.2, 0.25) is 0 Å². The molecule has 1 amide bonds. The monoisotopic (exact) mass is 315 g/mol. The predicted molar refractivity (Wildman–Crippen MR) is 82.3 cm³/mol. The van der Waals surface area contributed by atoms with Crippen molar-refractivity contribution in [3.05, 3.63) is 41.8 Å². The third-order valence-corrected chi connectivity index (χ3v) is 4.84. The van der Waals surface area contributed by atoms with Gasteiger partial charge in [-0.15, -0.1) is 0 Å². The molecule has 2 bridgehead atoms. The number of carbonyl (C=O) groups excluding carboxylic acids is 1. The first-order chi connectivity index (χ1) is 11.2. The van der Waals surface area contributed by atoms with Gasteiger partial charge >= 0.3 is 0 Å². The Kier molecular flexibility index (Phi) is 3.61. The van der Waals surface area contributed by atoms with Gasteiger partial charge in [-0.2, -0.15) is 0 Å². The van der Waals surface area contributed by atoms with Gasteiger partial charge in [0.2, 0.25) is 0 Å². The zero-order chi connectivity index (χ0) is 15.8. The molecule has 1 aromatic carbocycles. The average Bonchev–Trinajstić information content (AvgIpc) is 3.07. The molecule has 0 aliphatic carbocycles. The first-order valence-corrected chi connectivity index (χ1v) is 7.95. The number of nitrogens with one attached hydrogen (secondary N) is 1. The molecule has 5 nitrogen and oxygen atoms in total. The van der Waals surface area contributed by atoms with Crippen molar-refractivity contribution in [1.82, 2.24) is 15.4 Å². The van der Waals surface area contributed by atoms with E-state index in [0.717, 1.165) is 32.5 Å².